The fraction of sp³-hybridized carbons (Fsp3) is 0.636. The van der Waals surface area contributed by atoms with Crippen molar-refractivity contribution in [3.63, 3.8) is 0 Å². The summed E-state index contributed by atoms with van der Waals surface area (Å²) >= 11 is 5.35. The van der Waals surface area contributed by atoms with Gasteiger partial charge in [-0.25, -0.2) is 0 Å². The Hall–Kier alpha value is 0.100. The molecule has 0 aliphatic heterocycles. The summed E-state index contributed by atoms with van der Waals surface area (Å²) in [4.78, 5) is 1.38. The van der Waals surface area contributed by atoms with Gasteiger partial charge in [-0.2, -0.15) is 0 Å². The van der Waals surface area contributed by atoms with Crippen LogP contribution in [0, 0.1) is 0 Å². The van der Waals surface area contributed by atoms with Gasteiger partial charge in [0.2, 0.25) is 0 Å². The first-order valence-electron chi connectivity index (χ1n) is 5.46. The second-order valence-electron chi connectivity index (χ2n) is 4.20. The van der Waals surface area contributed by atoms with Gasteiger partial charge in [-0.15, -0.1) is 11.3 Å². The molecule has 0 spiro atoms. The molecule has 1 saturated carbocycles. The quantitative estimate of drug-likeness (QED) is 0.898. The third kappa shape index (κ3) is 3.28. The Labute approximate surface area is 103 Å². The summed E-state index contributed by atoms with van der Waals surface area (Å²) in [5, 5.41) is 5.71. The van der Waals surface area contributed by atoms with Gasteiger partial charge in [-0.1, -0.05) is 6.42 Å². The van der Waals surface area contributed by atoms with Crippen molar-refractivity contribution in [1.82, 2.24) is 5.32 Å². The average molecular weight is 289 g/mol. The van der Waals surface area contributed by atoms with Crippen LogP contribution in [0.25, 0.3) is 0 Å². The Bertz CT molecular complexity index is 313. The number of halogens is 1. The minimum absolute atomic E-state index is 0.406. The smallest absolute Gasteiger partial charge is 0.0327 e. The second-order valence-corrected chi connectivity index (χ2v) is 6.05. The molecule has 84 valence electrons. The van der Waals surface area contributed by atoms with Crippen molar-refractivity contribution < 1.29 is 0 Å². The van der Waals surface area contributed by atoms with Crippen molar-refractivity contribution in [3.05, 3.63) is 20.8 Å². The van der Waals surface area contributed by atoms with Crippen LogP contribution in [0.1, 0.15) is 30.6 Å². The lowest BCUT2D eigenvalue weighted by molar-refractivity contribution is 0.339. The van der Waals surface area contributed by atoms with Crippen LogP contribution < -0.4 is 11.1 Å². The van der Waals surface area contributed by atoms with E-state index in [-0.39, 0.29) is 0 Å². The Morgan fingerprint density at radius 2 is 2.40 bits per heavy atom. The number of nitrogens with two attached hydrogens (primary N) is 1. The van der Waals surface area contributed by atoms with Crippen molar-refractivity contribution in [3.8, 4) is 0 Å². The number of thiophene rings is 1. The van der Waals surface area contributed by atoms with Crippen LogP contribution in [0.5, 0.6) is 0 Å². The highest BCUT2D eigenvalue weighted by Gasteiger charge is 2.18. The highest BCUT2D eigenvalue weighted by molar-refractivity contribution is 9.10. The van der Waals surface area contributed by atoms with Crippen LogP contribution in [0.2, 0.25) is 0 Å². The predicted molar refractivity (Wildman–Crippen MR) is 69.1 cm³/mol. The second kappa shape index (κ2) is 5.43. The molecule has 0 bridgehead atoms. The Balaban J connectivity index is 1.80. The maximum atomic E-state index is 5.96. The van der Waals surface area contributed by atoms with E-state index in [4.69, 9.17) is 5.73 Å². The molecule has 1 aromatic heterocycles. The van der Waals surface area contributed by atoms with Gasteiger partial charge in [-0.05, 0) is 46.6 Å². The monoisotopic (exact) mass is 288 g/mol. The summed E-state index contributed by atoms with van der Waals surface area (Å²) in [6, 6.07) is 3.12. The molecule has 0 radical (unpaired) electrons. The van der Waals surface area contributed by atoms with E-state index in [1.165, 1.54) is 28.6 Å². The van der Waals surface area contributed by atoms with Gasteiger partial charge in [0.05, 0.1) is 0 Å². The van der Waals surface area contributed by atoms with E-state index in [0.717, 1.165) is 13.0 Å². The van der Waals surface area contributed by atoms with Crippen molar-refractivity contribution >= 4 is 27.3 Å². The molecule has 1 aliphatic carbocycles. The molecule has 15 heavy (non-hydrogen) atoms. The van der Waals surface area contributed by atoms with Gasteiger partial charge in [0.15, 0.2) is 0 Å². The van der Waals surface area contributed by atoms with Crippen LogP contribution >= 0.6 is 27.3 Å². The number of hydrogen-bond donors (Lipinski definition) is 2. The fourth-order valence-corrected chi connectivity index (χ4v) is 3.54. The van der Waals surface area contributed by atoms with E-state index in [2.05, 4.69) is 32.7 Å². The summed E-state index contributed by atoms with van der Waals surface area (Å²) in [7, 11) is 0. The molecule has 1 heterocycles. The van der Waals surface area contributed by atoms with Gasteiger partial charge < -0.3 is 11.1 Å². The highest BCUT2D eigenvalue weighted by Crippen LogP contribution is 2.23. The van der Waals surface area contributed by atoms with Crippen molar-refractivity contribution in [2.24, 2.45) is 5.73 Å². The Morgan fingerprint density at radius 1 is 1.53 bits per heavy atom. The van der Waals surface area contributed by atoms with Crippen LogP contribution in [-0.4, -0.2) is 12.1 Å². The largest absolute Gasteiger partial charge is 0.328 e. The topological polar surface area (TPSA) is 38.0 Å². The molecule has 3 N–H and O–H groups in total. The fourth-order valence-electron chi connectivity index (χ4n) is 2.10. The van der Waals surface area contributed by atoms with Gasteiger partial charge >= 0.3 is 0 Å². The lowest BCUT2D eigenvalue weighted by atomic mass is 9.92. The standard InChI is InChI=1S/C11H17BrN2S/c12-10-4-5-15-11(10)7-14-9-3-1-2-8(13)6-9/h4-5,8-9,14H,1-3,6-7,13H2. The van der Waals surface area contributed by atoms with Crippen LogP contribution in [0.15, 0.2) is 15.9 Å². The number of nitrogens with one attached hydrogen (secondary N) is 1. The first-order valence-corrected chi connectivity index (χ1v) is 7.14. The normalized spacial score (nSPS) is 26.8. The van der Waals surface area contributed by atoms with E-state index in [1.54, 1.807) is 11.3 Å². The maximum absolute atomic E-state index is 5.96. The average Bonchev–Trinajstić information content (AvgIpc) is 2.61. The first kappa shape index (κ1) is 11.6. The minimum atomic E-state index is 0.406. The van der Waals surface area contributed by atoms with Crippen LogP contribution in [-0.2, 0) is 6.54 Å². The Morgan fingerprint density at radius 3 is 3.07 bits per heavy atom. The molecule has 2 atom stereocenters. The molecule has 0 aromatic carbocycles. The molecule has 1 fully saturated rings. The van der Waals surface area contributed by atoms with Crippen molar-refractivity contribution in [2.45, 2.75) is 44.3 Å². The van der Waals surface area contributed by atoms with E-state index in [0.29, 0.717) is 12.1 Å². The third-order valence-electron chi connectivity index (χ3n) is 2.96. The minimum Gasteiger partial charge on any atom is -0.328 e. The van der Waals surface area contributed by atoms with E-state index in [9.17, 15) is 0 Å². The molecule has 1 aromatic rings. The van der Waals surface area contributed by atoms with E-state index < -0.39 is 0 Å². The zero-order valence-corrected chi connectivity index (χ0v) is 11.1. The molecule has 2 nitrogen and oxygen atoms in total. The van der Waals surface area contributed by atoms with Crippen LogP contribution in [0.4, 0.5) is 0 Å². The molecule has 2 unspecified atom stereocenters. The van der Waals surface area contributed by atoms with E-state index >= 15 is 0 Å². The molecule has 0 amide bonds. The highest BCUT2D eigenvalue weighted by atomic mass is 79.9. The van der Waals surface area contributed by atoms with Gasteiger partial charge in [0.1, 0.15) is 0 Å². The summed E-state index contributed by atoms with van der Waals surface area (Å²) in [5.41, 5.74) is 5.96. The summed E-state index contributed by atoms with van der Waals surface area (Å²) < 4.78 is 1.22. The zero-order chi connectivity index (χ0) is 10.7. The molecule has 0 saturated heterocycles. The zero-order valence-electron chi connectivity index (χ0n) is 8.71. The summed E-state index contributed by atoms with van der Waals surface area (Å²) in [5.74, 6) is 0. The summed E-state index contributed by atoms with van der Waals surface area (Å²) in [6.07, 6.45) is 4.87. The molecule has 1 aliphatic rings. The van der Waals surface area contributed by atoms with Gasteiger partial charge in [-0.3, -0.25) is 0 Å². The predicted octanol–water partition coefficient (Wildman–Crippen LogP) is 2.87. The van der Waals surface area contributed by atoms with Crippen molar-refractivity contribution in [2.75, 3.05) is 0 Å². The van der Waals surface area contributed by atoms with Crippen LogP contribution in [0.3, 0.4) is 0 Å². The number of hydrogen-bond acceptors (Lipinski definition) is 3. The lowest BCUT2D eigenvalue weighted by Crippen LogP contribution is -2.38. The maximum Gasteiger partial charge on any atom is 0.0327 e. The van der Waals surface area contributed by atoms with Gasteiger partial charge in [0, 0.05) is 28.0 Å². The Kier molecular flexibility index (Phi) is 4.20. The lowest BCUT2D eigenvalue weighted by Gasteiger charge is -2.27. The summed E-state index contributed by atoms with van der Waals surface area (Å²) in [6.45, 7) is 0.968. The third-order valence-corrected chi connectivity index (χ3v) is 4.88. The van der Waals surface area contributed by atoms with Crippen molar-refractivity contribution in [1.29, 1.82) is 0 Å². The van der Waals surface area contributed by atoms with Gasteiger partial charge in [0.25, 0.3) is 0 Å². The molecular formula is C11H17BrN2S. The SMILES string of the molecule is NC1CCCC(NCc2sccc2Br)C1. The molecular weight excluding hydrogens is 272 g/mol. The first-order chi connectivity index (χ1) is 7.25. The molecule has 4 heteroatoms. The van der Waals surface area contributed by atoms with E-state index in [1.807, 2.05) is 0 Å². The molecule has 2 rings (SSSR count). The number of rotatable bonds is 3.